The lowest BCUT2D eigenvalue weighted by Gasteiger charge is -2.35. The maximum Gasteiger partial charge on any atom is 0.276 e. The Bertz CT molecular complexity index is 882. The molecule has 6 nitrogen and oxygen atoms in total. The monoisotopic (exact) mass is 418 g/mol. The van der Waals surface area contributed by atoms with E-state index in [1.807, 2.05) is 11.2 Å². The van der Waals surface area contributed by atoms with Crippen molar-refractivity contribution in [1.29, 1.82) is 0 Å². The second-order valence-corrected chi connectivity index (χ2v) is 8.39. The van der Waals surface area contributed by atoms with Crippen LogP contribution in [0.1, 0.15) is 41.1 Å². The number of aromatic nitrogens is 2. The molecule has 1 aliphatic rings. The van der Waals surface area contributed by atoms with E-state index in [2.05, 4.69) is 29.1 Å². The lowest BCUT2D eigenvalue weighted by molar-refractivity contribution is 0.0624. The van der Waals surface area contributed by atoms with Crippen LogP contribution in [0.5, 0.6) is 0 Å². The van der Waals surface area contributed by atoms with Gasteiger partial charge in [-0.1, -0.05) is 49.3 Å². The topological polar surface area (TPSA) is 75.2 Å². The molecule has 1 N–H and O–H groups in total. The maximum atomic E-state index is 13.1. The molecule has 0 radical (unpaired) electrons. The van der Waals surface area contributed by atoms with Gasteiger partial charge in [-0.2, -0.15) is 0 Å². The molecule has 1 aromatic heterocycles. The number of halogens is 1. The summed E-state index contributed by atoms with van der Waals surface area (Å²) in [7, 11) is 0. The number of nitrogens with zero attached hydrogens (tertiary/aromatic N) is 3. The third-order valence-electron chi connectivity index (χ3n) is 4.68. The summed E-state index contributed by atoms with van der Waals surface area (Å²) in [6, 6.07) is 7.02. The quantitative estimate of drug-likeness (QED) is 0.594. The highest BCUT2D eigenvalue weighted by Gasteiger charge is 2.27. The minimum absolute atomic E-state index is 0.0760. The van der Waals surface area contributed by atoms with E-state index in [9.17, 15) is 9.59 Å². The Labute approximate surface area is 174 Å². The zero-order valence-electron chi connectivity index (χ0n) is 16.1. The van der Waals surface area contributed by atoms with Crippen molar-refractivity contribution in [2.45, 2.75) is 25.4 Å². The van der Waals surface area contributed by atoms with E-state index in [4.69, 9.17) is 11.6 Å². The average molecular weight is 419 g/mol. The molecule has 0 spiro atoms. The summed E-state index contributed by atoms with van der Waals surface area (Å²) < 4.78 is 0. The van der Waals surface area contributed by atoms with Crippen LogP contribution < -0.4 is 5.32 Å². The van der Waals surface area contributed by atoms with Crippen LogP contribution in [0.3, 0.4) is 0 Å². The number of anilines is 1. The van der Waals surface area contributed by atoms with Gasteiger partial charge in [-0.3, -0.25) is 9.59 Å². The average Bonchev–Trinajstić information content (AvgIpc) is 2.67. The van der Waals surface area contributed by atoms with Crippen molar-refractivity contribution in [2.75, 3.05) is 24.7 Å². The highest BCUT2D eigenvalue weighted by atomic mass is 35.5. The Morgan fingerprint density at radius 2 is 1.89 bits per heavy atom. The van der Waals surface area contributed by atoms with Gasteiger partial charge in [-0.15, -0.1) is 0 Å². The van der Waals surface area contributed by atoms with Crippen LogP contribution in [-0.2, 0) is 0 Å². The number of piperidine rings is 1. The van der Waals surface area contributed by atoms with Gasteiger partial charge in [0, 0.05) is 13.1 Å². The molecule has 3 rings (SSSR count). The molecule has 2 atom stereocenters. The number of thioether (sulfide) groups is 1. The Kier molecular flexibility index (Phi) is 6.57. The number of likely N-dealkylation sites (tertiary alicyclic amines) is 1. The van der Waals surface area contributed by atoms with Crippen LogP contribution in [0.4, 0.5) is 5.69 Å². The molecule has 28 heavy (non-hydrogen) atoms. The van der Waals surface area contributed by atoms with E-state index in [1.54, 1.807) is 24.3 Å². The number of para-hydroxylation sites is 1. The molecule has 2 heterocycles. The summed E-state index contributed by atoms with van der Waals surface area (Å²) in [5, 5.41) is 3.41. The molecule has 0 bridgehead atoms. The van der Waals surface area contributed by atoms with Crippen LogP contribution in [0, 0.1) is 11.8 Å². The van der Waals surface area contributed by atoms with Gasteiger partial charge >= 0.3 is 0 Å². The van der Waals surface area contributed by atoms with Gasteiger partial charge in [0.2, 0.25) is 0 Å². The third kappa shape index (κ3) is 4.64. The van der Waals surface area contributed by atoms with Crippen molar-refractivity contribution in [3.8, 4) is 0 Å². The van der Waals surface area contributed by atoms with Crippen molar-refractivity contribution >= 4 is 40.9 Å². The number of rotatable bonds is 4. The van der Waals surface area contributed by atoms with Gasteiger partial charge in [0.1, 0.15) is 0 Å². The first-order valence-corrected chi connectivity index (χ1v) is 10.8. The minimum atomic E-state index is -0.469. The number of carbonyl (C=O) groups excluding carboxylic acids is 2. The first-order chi connectivity index (χ1) is 13.4. The van der Waals surface area contributed by atoms with Crippen LogP contribution in [0.15, 0.2) is 35.6 Å². The maximum absolute atomic E-state index is 13.1. The van der Waals surface area contributed by atoms with E-state index in [-0.39, 0.29) is 16.6 Å². The minimum Gasteiger partial charge on any atom is -0.338 e. The summed E-state index contributed by atoms with van der Waals surface area (Å²) in [6.07, 6.45) is 4.34. The summed E-state index contributed by atoms with van der Waals surface area (Å²) in [5.74, 6) is 0.370. The molecule has 1 fully saturated rings. The number of nitrogens with one attached hydrogen (secondary N) is 1. The molecule has 0 saturated carbocycles. The standard InChI is InChI=1S/C20H23ClN4O2S/c1-12-8-13(2)11-25(10-12)19(27)14-6-4-5-7-16(14)23-18(26)17-15(21)9-22-20(24-17)28-3/h4-7,9,12-13H,8,10-11H2,1-3H3,(H,23,26)/t12-,13-/m0/s1. The fourth-order valence-corrected chi connectivity index (χ4v) is 4.09. The molecule has 2 aromatic rings. The van der Waals surface area contributed by atoms with Crippen LogP contribution in [0.25, 0.3) is 0 Å². The first kappa shape index (κ1) is 20.6. The summed E-state index contributed by atoms with van der Waals surface area (Å²) in [5.41, 5.74) is 1.000. The summed E-state index contributed by atoms with van der Waals surface area (Å²) in [4.78, 5) is 36.0. The lowest BCUT2D eigenvalue weighted by Crippen LogP contribution is -2.42. The zero-order valence-corrected chi connectivity index (χ0v) is 17.7. The molecule has 8 heteroatoms. The predicted octanol–water partition coefficient (Wildman–Crippen LogP) is 4.22. The van der Waals surface area contributed by atoms with E-state index in [1.165, 1.54) is 18.0 Å². The van der Waals surface area contributed by atoms with Gasteiger partial charge in [-0.25, -0.2) is 9.97 Å². The zero-order chi connectivity index (χ0) is 20.3. The highest BCUT2D eigenvalue weighted by molar-refractivity contribution is 7.98. The van der Waals surface area contributed by atoms with Crippen molar-refractivity contribution in [3.05, 3.63) is 46.7 Å². The van der Waals surface area contributed by atoms with Crippen molar-refractivity contribution in [1.82, 2.24) is 14.9 Å². The Morgan fingerprint density at radius 1 is 1.21 bits per heavy atom. The molecule has 148 valence electrons. The van der Waals surface area contributed by atoms with Crippen LogP contribution >= 0.6 is 23.4 Å². The molecule has 0 aliphatic carbocycles. The SMILES string of the molecule is CSc1ncc(Cl)c(C(=O)Nc2ccccc2C(=O)N2C[C@@H](C)C[C@H](C)C2)n1. The molecule has 0 unspecified atom stereocenters. The van der Waals surface area contributed by atoms with Gasteiger partial charge in [0.15, 0.2) is 10.9 Å². The third-order valence-corrected chi connectivity index (χ3v) is 5.52. The largest absolute Gasteiger partial charge is 0.338 e. The second-order valence-electron chi connectivity index (χ2n) is 7.21. The molecule has 1 aromatic carbocycles. The molecule has 2 amide bonds. The smallest absolute Gasteiger partial charge is 0.276 e. The van der Waals surface area contributed by atoms with Gasteiger partial charge in [0.25, 0.3) is 11.8 Å². The van der Waals surface area contributed by atoms with Crippen LogP contribution in [-0.4, -0.2) is 46.0 Å². The predicted molar refractivity (Wildman–Crippen MR) is 112 cm³/mol. The van der Waals surface area contributed by atoms with E-state index in [0.29, 0.717) is 28.2 Å². The van der Waals surface area contributed by atoms with Gasteiger partial charge in [0.05, 0.1) is 22.5 Å². The van der Waals surface area contributed by atoms with Crippen molar-refractivity contribution in [2.24, 2.45) is 11.8 Å². The number of carbonyl (C=O) groups is 2. The first-order valence-electron chi connectivity index (χ1n) is 9.15. The molecular weight excluding hydrogens is 396 g/mol. The molecule has 1 aliphatic heterocycles. The van der Waals surface area contributed by atoms with E-state index in [0.717, 1.165) is 19.5 Å². The number of hydrogen-bond acceptors (Lipinski definition) is 5. The van der Waals surface area contributed by atoms with Gasteiger partial charge in [-0.05, 0) is 36.6 Å². The van der Waals surface area contributed by atoms with Crippen molar-refractivity contribution in [3.63, 3.8) is 0 Å². The summed E-state index contributed by atoms with van der Waals surface area (Å²) in [6.45, 7) is 5.76. The highest BCUT2D eigenvalue weighted by Crippen LogP contribution is 2.26. The normalized spacial score (nSPS) is 19.4. The second kappa shape index (κ2) is 8.92. The fourth-order valence-electron chi connectivity index (χ4n) is 3.57. The number of hydrogen-bond donors (Lipinski definition) is 1. The Balaban J connectivity index is 1.84. The van der Waals surface area contributed by atoms with E-state index < -0.39 is 5.91 Å². The molecule has 1 saturated heterocycles. The van der Waals surface area contributed by atoms with E-state index >= 15 is 0 Å². The fraction of sp³-hybridized carbons (Fsp3) is 0.400. The van der Waals surface area contributed by atoms with Gasteiger partial charge < -0.3 is 10.2 Å². The Morgan fingerprint density at radius 3 is 2.57 bits per heavy atom. The lowest BCUT2D eigenvalue weighted by atomic mass is 9.91. The summed E-state index contributed by atoms with van der Waals surface area (Å²) >= 11 is 7.42. The molecular formula is C20H23ClN4O2S. The Hall–Kier alpha value is -2.12. The number of amides is 2. The number of benzene rings is 1. The van der Waals surface area contributed by atoms with Crippen molar-refractivity contribution < 1.29 is 9.59 Å². The van der Waals surface area contributed by atoms with Crippen LogP contribution in [0.2, 0.25) is 5.02 Å².